The summed E-state index contributed by atoms with van der Waals surface area (Å²) in [5, 5.41) is 33.2. The minimum absolute atomic E-state index is 0.373. The van der Waals surface area contributed by atoms with E-state index in [9.17, 15) is 20.1 Å². The van der Waals surface area contributed by atoms with Gasteiger partial charge in [0.05, 0.1) is 18.8 Å². The predicted molar refractivity (Wildman–Crippen MR) is 241 cm³/mol. The smallest absolute Gasteiger partial charge is 0.249 e. The lowest BCUT2D eigenvalue weighted by atomic mass is 10.0. The number of allylic oxidation sites excluding steroid dienone is 3. The molecule has 0 aromatic rings. The van der Waals surface area contributed by atoms with Crippen LogP contribution in [0.3, 0.4) is 0 Å². The normalized spacial score (nSPS) is 13.6. The number of amides is 1. The van der Waals surface area contributed by atoms with E-state index in [-0.39, 0.29) is 6.61 Å². The fourth-order valence-corrected chi connectivity index (χ4v) is 7.67. The first-order valence-corrected chi connectivity index (χ1v) is 24.7. The molecule has 5 nitrogen and oxygen atoms in total. The molecule has 0 radical (unpaired) electrons. The molecule has 0 fully saturated rings. The zero-order chi connectivity index (χ0) is 40.1. The molecule has 0 saturated heterocycles. The second-order valence-corrected chi connectivity index (χ2v) is 17.0. The van der Waals surface area contributed by atoms with Crippen LogP contribution < -0.4 is 5.32 Å². The van der Waals surface area contributed by atoms with Gasteiger partial charge in [0.1, 0.15) is 6.10 Å². The van der Waals surface area contributed by atoms with Gasteiger partial charge < -0.3 is 20.6 Å². The van der Waals surface area contributed by atoms with Gasteiger partial charge in [0.2, 0.25) is 5.91 Å². The van der Waals surface area contributed by atoms with Gasteiger partial charge in [-0.15, -0.1) is 0 Å². The maximum Gasteiger partial charge on any atom is 0.249 e. The third-order valence-electron chi connectivity index (χ3n) is 11.5. The van der Waals surface area contributed by atoms with E-state index in [4.69, 9.17) is 0 Å². The van der Waals surface area contributed by atoms with E-state index in [1.807, 2.05) is 6.08 Å². The molecule has 3 atom stereocenters. The van der Waals surface area contributed by atoms with Crippen molar-refractivity contribution >= 4 is 5.91 Å². The minimum Gasteiger partial charge on any atom is -0.394 e. The van der Waals surface area contributed by atoms with Crippen molar-refractivity contribution in [3.63, 3.8) is 0 Å². The van der Waals surface area contributed by atoms with Crippen LogP contribution in [-0.4, -0.2) is 46.1 Å². The van der Waals surface area contributed by atoms with E-state index in [0.717, 1.165) is 38.5 Å². The summed E-state index contributed by atoms with van der Waals surface area (Å²) in [6.45, 7) is 4.19. The highest BCUT2D eigenvalue weighted by Crippen LogP contribution is 2.17. The lowest BCUT2D eigenvalue weighted by Gasteiger charge is -2.21. The number of nitrogens with one attached hydrogen (secondary N) is 1. The van der Waals surface area contributed by atoms with Crippen molar-refractivity contribution in [2.24, 2.45) is 0 Å². The number of unbranched alkanes of at least 4 members (excludes halogenated alkanes) is 35. The highest BCUT2D eigenvalue weighted by Gasteiger charge is 2.22. The van der Waals surface area contributed by atoms with Gasteiger partial charge in [-0.25, -0.2) is 0 Å². The van der Waals surface area contributed by atoms with Crippen LogP contribution in [0.15, 0.2) is 24.3 Å². The summed E-state index contributed by atoms with van der Waals surface area (Å²) in [5.74, 6) is -0.508. The molecule has 4 N–H and O–H groups in total. The Labute approximate surface area is 343 Å². The van der Waals surface area contributed by atoms with Gasteiger partial charge in [-0.05, 0) is 32.1 Å². The van der Waals surface area contributed by atoms with Gasteiger partial charge in [0.25, 0.3) is 0 Å². The van der Waals surface area contributed by atoms with Crippen LogP contribution in [0, 0.1) is 0 Å². The summed E-state index contributed by atoms with van der Waals surface area (Å²) in [5.41, 5.74) is 0. The minimum atomic E-state index is -1.10. The molecule has 0 aliphatic rings. The van der Waals surface area contributed by atoms with Crippen LogP contribution in [0.5, 0.6) is 0 Å². The Morgan fingerprint density at radius 3 is 1.11 bits per heavy atom. The average Bonchev–Trinajstić information content (AvgIpc) is 3.19. The van der Waals surface area contributed by atoms with E-state index in [1.54, 1.807) is 6.08 Å². The van der Waals surface area contributed by atoms with Crippen LogP contribution in [-0.2, 0) is 4.79 Å². The fraction of sp³-hybridized carbons (Fsp3) is 0.900. The monoisotopic (exact) mass is 776 g/mol. The van der Waals surface area contributed by atoms with Crippen LogP contribution in [0.4, 0.5) is 0 Å². The molecule has 0 aliphatic carbocycles. The molecule has 3 unspecified atom stereocenters. The molecule has 0 aliphatic heterocycles. The SMILES string of the molecule is CCCCCCCCCCCCCC/C=C/CC/C=C/C(O)C(CO)NC(=O)C(O)CCCCCCCCCCCCCCCCCCCCCCCCC. The van der Waals surface area contributed by atoms with Gasteiger partial charge in [-0.3, -0.25) is 4.79 Å². The highest BCUT2D eigenvalue weighted by atomic mass is 16.3. The molecule has 0 heterocycles. The Morgan fingerprint density at radius 2 is 0.745 bits per heavy atom. The van der Waals surface area contributed by atoms with Gasteiger partial charge >= 0.3 is 0 Å². The van der Waals surface area contributed by atoms with Crippen molar-refractivity contribution in [1.29, 1.82) is 0 Å². The summed E-state index contributed by atoms with van der Waals surface area (Å²) in [6, 6.07) is -0.811. The first-order valence-electron chi connectivity index (χ1n) is 24.7. The van der Waals surface area contributed by atoms with Gasteiger partial charge in [-0.1, -0.05) is 256 Å². The van der Waals surface area contributed by atoms with E-state index in [2.05, 4.69) is 31.3 Å². The summed E-state index contributed by atoms with van der Waals surface area (Å²) in [7, 11) is 0. The fourth-order valence-electron chi connectivity index (χ4n) is 7.67. The average molecular weight is 776 g/mol. The van der Waals surface area contributed by atoms with Gasteiger partial charge in [0, 0.05) is 0 Å². The number of carbonyl (C=O) groups is 1. The highest BCUT2D eigenvalue weighted by molar-refractivity contribution is 5.80. The molecule has 0 aromatic heterocycles. The molecule has 326 valence electrons. The Morgan fingerprint density at radius 1 is 0.436 bits per heavy atom. The molecule has 55 heavy (non-hydrogen) atoms. The van der Waals surface area contributed by atoms with Gasteiger partial charge in [0.15, 0.2) is 0 Å². The second-order valence-electron chi connectivity index (χ2n) is 17.0. The zero-order valence-corrected chi connectivity index (χ0v) is 37.1. The summed E-state index contributed by atoms with van der Waals surface area (Å²) in [6.07, 6.45) is 56.6. The third kappa shape index (κ3) is 40.8. The maximum atomic E-state index is 12.5. The van der Waals surface area contributed by atoms with Crippen molar-refractivity contribution in [1.82, 2.24) is 5.32 Å². The number of aliphatic hydroxyl groups excluding tert-OH is 3. The number of carbonyl (C=O) groups excluding carboxylic acids is 1. The van der Waals surface area contributed by atoms with E-state index in [0.29, 0.717) is 6.42 Å². The number of rotatable bonds is 45. The first-order chi connectivity index (χ1) is 27.1. The molecule has 0 bridgehead atoms. The second kappa shape index (κ2) is 45.5. The maximum absolute atomic E-state index is 12.5. The lowest BCUT2D eigenvalue weighted by Crippen LogP contribution is -2.48. The van der Waals surface area contributed by atoms with Crippen molar-refractivity contribution < 1.29 is 20.1 Å². The van der Waals surface area contributed by atoms with Crippen LogP contribution >= 0.6 is 0 Å². The quantitative estimate of drug-likeness (QED) is 0.0366. The molecule has 0 saturated carbocycles. The number of aliphatic hydroxyl groups is 3. The van der Waals surface area contributed by atoms with E-state index < -0.39 is 24.2 Å². The van der Waals surface area contributed by atoms with E-state index in [1.165, 1.54) is 205 Å². The van der Waals surface area contributed by atoms with Crippen LogP contribution in [0.2, 0.25) is 0 Å². The summed E-state index contributed by atoms with van der Waals surface area (Å²) in [4.78, 5) is 12.5. The zero-order valence-electron chi connectivity index (χ0n) is 37.1. The van der Waals surface area contributed by atoms with Crippen molar-refractivity contribution in [3.05, 3.63) is 24.3 Å². The Kier molecular flexibility index (Phi) is 44.6. The largest absolute Gasteiger partial charge is 0.394 e. The molecular formula is C50H97NO4. The third-order valence-corrected chi connectivity index (χ3v) is 11.5. The standard InChI is InChI=1S/C50H97NO4/c1-3-5-7-9-11-13-15-17-19-21-23-24-25-26-27-29-31-33-35-37-39-41-43-45-49(54)50(55)51-47(46-52)48(53)44-42-40-38-36-34-32-30-28-22-20-18-16-14-12-10-8-6-4-2/h34,36,42,44,47-49,52-54H,3-33,35,37-41,43,45-46H2,1-2H3,(H,51,55)/b36-34+,44-42+. The number of hydrogen-bond acceptors (Lipinski definition) is 4. The summed E-state index contributed by atoms with van der Waals surface area (Å²) < 4.78 is 0. The first kappa shape index (κ1) is 53.8. The Hall–Kier alpha value is -1.17. The van der Waals surface area contributed by atoms with Crippen LogP contribution in [0.25, 0.3) is 0 Å². The predicted octanol–water partition coefficient (Wildman–Crippen LogP) is 14.6. The Bertz CT molecular complexity index is 814. The molecule has 1 amide bonds. The molecular weight excluding hydrogens is 679 g/mol. The van der Waals surface area contributed by atoms with Gasteiger partial charge in [-0.2, -0.15) is 0 Å². The molecule has 0 spiro atoms. The topological polar surface area (TPSA) is 89.8 Å². The van der Waals surface area contributed by atoms with Crippen molar-refractivity contribution in [2.75, 3.05) is 6.61 Å². The lowest BCUT2D eigenvalue weighted by molar-refractivity contribution is -0.131. The Balaban J connectivity index is 3.62. The van der Waals surface area contributed by atoms with Crippen molar-refractivity contribution in [2.45, 2.75) is 283 Å². The summed E-state index contributed by atoms with van der Waals surface area (Å²) >= 11 is 0. The van der Waals surface area contributed by atoms with Crippen molar-refractivity contribution in [3.8, 4) is 0 Å². The van der Waals surface area contributed by atoms with E-state index >= 15 is 0 Å². The molecule has 0 rings (SSSR count). The van der Waals surface area contributed by atoms with Crippen LogP contribution in [0.1, 0.15) is 264 Å². The molecule has 5 heteroatoms. The molecule has 0 aromatic carbocycles. The number of hydrogen-bond donors (Lipinski definition) is 4.